The quantitative estimate of drug-likeness (QED) is 0.323. The third-order valence-corrected chi connectivity index (χ3v) is 1.07. The summed E-state index contributed by atoms with van der Waals surface area (Å²) in [6, 6.07) is -0.579. The molecule has 0 unspecified atom stereocenters. The van der Waals surface area contributed by atoms with E-state index >= 15 is 0 Å². The van der Waals surface area contributed by atoms with Crippen molar-refractivity contribution in [3.8, 4) is 11.8 Å². The minimum absolute atomic E-state index is 0.392. The topological polar surface area (TPSA) is 87.7 Å². The van der Waals surface area contributed by atoms with Crippen molar-refractivity contribution in [2.75, 3.05) is 13.2 Å². The zero-order valence-corrected chi connectivity index (χ0v) is 7.79. The van der Waals surface area contributed by atoms with Crippen molar-refractivity contribution in [2.45, 2.75) is 13.3 Å². The van der Waals surface area contributed by atoms with Gasteiger partial charge in [-0.15, -0.1) is 11.8 Å². The molecule has 6 heteroatoms. The van der Waals surface area contributed by atoms with Crippen molar-refractivity contribution in [3.63, 3.8) is 0 Å². The van der Waals surface area contributed by atoms with Crippen LogP contribution >= 0.6 is 0 Å². The Morgan fingerprint density at radius 3 is 2.79 bits per heavy atom. The number of nitrogens with one attached hydrogen (secondary N) is 2. The van der Waals surface area contributed by atoms with E-state index in [2.05, 4.69) is 22.0 Å². The Balaban J connectivity index is 3.35. The predicted octanol–water partition coefficient (Wildman–Crippen LogP) is -0.285. The highest BCUT2D eigenvalue weighted by Crippen LogP contribution is 1.74. The number of amides is 2. The van der Waals surface area contributed by atoms with Crippen LogP contribution in [0.5, 0.6) is 0 Å². The van der Waals surface area contributed by atoms with Gasteiger partial charge in [0.2, 0.25) is 0 Å². The Morgan fingerprint density at radius 1 is 1.50 bits per heavy atom. The summed E-state index contributed by atoms with van der Waals surface area (Å²) < 4.78 is 0. The SMILES string of the molecule is CC#CCCNC(=O)NOCC(=O)O. The van der Waals surface area contributed by atoms with E-state index in [1.54, 1.807) is 6.92 Å². The van der Waals surface area contributed by atoms with E-state index in [4.69, 9.17) is 5.11 Å². The highest BCUT2D eigenvalue weighted by molar-refractivity contribution is 5.73. The van der Waals surface area contributed by atoms with E-state index in [0.29, 0.717) is 13.0 Å². The fraction of sp³-hybridized carbons (Fsp3) is 0.500. The van der Waals surface area contributed by atoms with Crippen LogP contribution in [0.15, 0.2) is 0 Å². The minimum Gasteiger partial charge on any atom is -0.479 e. The molecule has 6 nitrogen and oxygen atoms in total. The number of rotatable bonds is 5. The van der Waals surface area contributed by atoms with Gasteiger partial charge in [0.25, 0.3) is 0 Å². The molecule has 2 amide bonds. The molecule has 0 bridgehead atoms. The minimum atomic E-state index is -1.15. The summed E-state index contributed by atoms with van der Waals surface area (Å²) in [5.41, 5.74) is 1.91. The van der Waals surface area contributed by atoms with Gasteiger partial charge in [-0.2, -0.15) is 0 Å². The fourth-order valence-corrected chi connectivity index (χ4v) is 0.563. The Hall–Kier alpha value is -1.74. The van der Waals surface area contributed by atoms with Gasteiger partial charge < -0.3 is 10.4 Å². The molecular weight excluding hydrogens is 188 g/mol. The molecule has 0 aromatic carbocycles. The lowest BCUT2D eigenvalue weighted by atomic mass is 10.4. The maximum absolute atomic E-state index is 10.8. The molecule has 0 atom stereocenters. The number of carboxylic acid groups (broad SMARTS) is 1. The molecule has 0 heterocycles. The first kappa shape index (κ1) is 12.3. The Bertz CT molecular complexity index is 254. The number of aliphatic carboxylic acids is 1. The molecule has 3 N–H and O–H groups in total. The highest BCUT2D eigenvalue weighted by Gasteiger charge is 2.00. The molecule has 0 saturated carbocycles. The van der Waals surface area contributed by atoms with Gasteiger partial charge in [-0.25, -0.2) is 15.1 Å². The van der Waals surface area contributed by atoms with Crippen molar-refractivity contribution in [1.82, 2.24) is 10.8 Å². The summed E-state index contributed by atoms with van der Waals surface area (Å²) in [5, 5.41) is 10.6. The zero-order valence-electron chi connectivity index (χ0n) is 7.79. The van der Waals surface area contributed by atoms with Crippen LogP contribution in [0.2, 0.25) is 0 Å². The number of urea groups is 1. The smallest absolute Gasteiger partial charge is 0.338 e. The van der Waals surface area contributed by atoms with Gasteiger partial charge >= 0.3 is 12.0 Å². The number of carboxylic acids is 1. The molecular formula is C8H12N2O4. The summed E-state index contributed by atoms with van der Waals surface area (Å²) in [5.74, 6) is 4.27. The summed E-state index contributed by atoms with van der Waals surface area (Å²) in [7, 11) is 0. The van der Waals surface area contributed by atoms with E-state index in [1.807, 2.05) is 5.48 Å². The molecule has 0 aliphatic carbocycles. The van der Waals surface area contributed by atoms with Crippen LogP contribution in [-0.2, 0) is 9.63 Å². The van der Waals surface area contributed by atoms with Gasteiger partial charge in [0.1, 0.15) is 0 Å². The van der Waals surface area contributed by atoms with E-state index < -0.39 is 18.6 Å². The summed E-state index contributed by atoms with van der Waals surface area (Å²) >= 11 is 0. The van der Waals surface area contributed by atoms with Crippen LogP contribution in [-0.4, -0.2) is 30.3 Å². The van der Waals surface area contributed by atoms with Gasteiger partial charge in [-0.1, -0.05) is 0 Å². The normalized spacial score (nSPS) is 8.36. The first-order chi connectivity index (χ1) is 6.66. The number of hydroxylamine groups is 1. The average molecular weight is 200 g/mol. The van der Waals surface area contributed by atoms with Crippen LogP contribution in [0.3, 0.4) is 0 Å². The molecule has 0 fully saturated rings. The third kappa shape index (κ3) is 8.36. The van der Waals surface area contributed by atoms with E-state index in [0.717, 1.165) is 0 Å². The second kappa shape index (κ2) is 7.89. The standard InChI is InChI=1S/C8H12N2O4/c1-2-3-4-5-9-8(13)10-14-6-7(11)12/h4-6H2,1H3,(H,11,12)(H2,9,10,13). The fourth-order valence-electron chi connectivity index (χ4n) is 0.563. The van der Waals surface area contributed by atoms with Crippen molar-refractivity contribution >= 4 is 12.0 Å². The van der Waals surface area contributed by atoms with E-state index in [9.17, 15) is 9.59 Å². The van der Waals surface area contributed by atoms with Crippen LogP contribution < -0.4 is 10.8 Å². The average Bonchev–Trinajstić information content (AvgIpc) is 2.12. The van der Waals surface area contributed by atoms with Gasteiger partial charge in [-0.3, -0.25) is 4.84 Å². The van der Waals surface area contributed by atoms with Crippen LogP contribution in [0.25, 0.3) is 0 Å². The molecule has 14 heavy (non-hydrogen) atoms. The van der Waals surface area contributed by atoms with Gasteiger partial charge in [-0.05, 0) is 6.92 Å². The Labute approximate surface area is 81.6 Å². The molecule has 78 valence electrons. The maximum Gasteiger partial charge on any atom is 0.338 e. The summed E-state index contributed by atoms with van der Waals surface area (Å²) in [6.45, 7) is 1.53. The van der Waals surface area contributed by atoms with E-state index in [1.165, 1.54) is 0 Å². The zero-order chi connectivity index (χ0) is 10.8. The number of hydrogen-bond donors (Lipinski definition) is 3. The summed E-state index contributed by atoms with van der Waals surface area (Å²) in [6.07, 6.45) is 0.544. The molecule has 0 aromatic heterocycles. The van der Waals surface area contributed by atoms with Gasteiger partial charge in [0.05, 0.1) is 0 Å². The number of carbonyl (C=O) groups is 2. The first-order valence-electron chi connectivity index (χ1n) is 3.94. The second-order valence-electron chi connectivity index (χ2n) is 2.22. The molecule has 0 aromatic rings. The number of hydrogen-bond acceptors (Lipinski definition) is 3. The second-order valence-corrected chi connectivity index (χ2v) is 2.22. The van der Waals surface area contributed by atoms with Crippen molar-refractivity contribution < 1.29 is 19.5 Å². The summed E-state index contributed by atoms with van der Waals surface area (Å²) in [4.78, 5) is 25.1. The lowest BCUT2D eigenvalue weighted by molar-refractivity contribution is -0.144. The number of carbonyl (C=O) groups excluding carboxylic acids is 1. The Morgan fingerprint density at radius 2 is 2.21 bits per heavy atom. The van der Waals surface area contributed by atoms with Crippen LogP contribution in [0, 0.1) is 11.8 Å². The van der Waals surface area contributed by atoms with Crippen LogP contribution in [0.4, 0.5) is 4.79 Å². The van der Waals surface area contributed by atoms with Crippen molar-refractivity contribution in [1.29, 1.82) is 0 Å². The van der Waals surface area contributed by atoms with Crippen molar-refractivity contribution in [2.24, 2.45) is 0 Å². The Kier molecular flexibility index (Phi) is 6.91. The molecule has 0 aliphatic heterocycles. The first-order valence-corrected chi connectivity index (χ1v) is 3.94. The van der Waals surface area contributed by atoms with Gasteiger partial charge in [0.15, 0.2) is 6.61 Å². The van der Waals surface area contributed by atoms with Crippen LogP contribution in [0.1, 0.15) is 13.3 Å². The molecule has 0 rings (SSSR count). The lowest BCUT2D eigenvalue weighted by Crippen LogP contribution is -2.36. The molecule has 0 aliphatic rings. The van der Waals surface area contributed by atoms with E-state index in [-0.39, 0.29) is 0 Å². The molecule has 0 radical (unpaired) electrons. The molecule has 0 spiro atoms. The largest absolute Gasteiger partial charge is 0.479 e. The van der Waals surface area contributed by atoms with Gasteiger partial charge in [0, 0.05) is 13.0 Å². The lowest BCUT2D eigenvalue weighted by Gasteiger charge is -2.04. The molecule has 0 saturated heterocycles. The third-order valence-electron chi connectivity index (χ3n) is 1.07. The van der Waals surface area contributed by atoms with Crippen molar-refractivity contribution in [3.05, 3.63) is 0 Å². The maximum atomic E-state index is 10.8. The monoisotopic (exact) mass is 200 g/mol. The highest BCUT2D eigenvalue weighted by atomic mass is 16.7. The predicted molar refractivity (Wildman–Crippen MR) is 48.2 cm³/mol.